The number of allylic oxidation sites excluding steroid dienone is 2. The van der Waals surface area contributed by atoms with Gasteiger partial charge in [-0.05, 0) is 18.1 Å². The van der Waals surface area contributed by atoms with Crippen LogP contribution in [0.5, 0.6) is 0 Å². The predicted octanol–water partition coefficient (Wildman–Crippen LogP) is 3.43. The van der Waals surface area contributed by atoms with Crippen LogP contribution in [0, 0.1) is 0 Å². The van der Waals surface area contributed by atoms with Crippen LogP contribution in [0.1, 0.15) is 44.3 Å². The van der Waals surface area contributed by atoms with Crippen molar-refractivity contribution in [3.05, 3.63) is 48.0 Å². The van der Waals surface area contributed by atoms with E-state index in [0.29, 0.717) is 0 Å². The summed E-state index contributed by atoms with van der Waals surface area (Å²) in [5.74, 6) is -0.0162. The third-order valence-corrected chi connectivity index (χ3v) is 2.61. The highest BCUT2D eigenvalue weighted by Crippen LogP contribution is 2.16. The monoisotopic (exact) mass is 232 g/mol. The lowest BCUT2D eigenvalue weighted by atomic mass is 10.0. The lowest BCUT2D eigenvalue weighted by Crippen LogP contribution is -2.04. The van der Waals surface area contributed by atoms with E-state index < -0.39 is 6.10 Å². The molecule has 2 heteroatoms. The molecule has 17 heavy (non-hydrogen) atoms. The number of hydrogen-bond donors (Lipinski definition) is 1. The summed E-state index contributed by atoms with van der Waals surface area (Å²) >= 11 is 0. The van der Waals surface area contributed by atoms with E-state index in [4.69, 9.17) is 0 Å². The zero-order valence-corrected chi connectivity index (χ0v) is 10.3. The van der Waals surface area contributed by atoms with Crippen LogP contribution >= 0.6 is 0 Å². The van der Waals surface area contributed by atoms with Crippen LogP contribution in [0.15, 0.2) is 42.5 Å². The number of carbonyl (C=O) groups is 1. The Bertz CT molecular complexity index is 354. The molecule has 0 spiro atoms. The van der Waals surface area contributed by atoms with Gasteiger partial charge in [0.2, 0.25) is 0 Å². The molecule has 1 atom stereocenters. The molecule has 1 rings (SSSR count). The standard InChI is InChI=1S/C15H20O2/c1-2-3-4-8-11-14(16)12-15(17)13-9-6-5-7-10-13/h5-11,15,17H,2-4,12H2,1H3/b11-8+. The number of benzene rings is 1. The molecular formula is C15H20O2. The number of hydrogen-bond acceptors (Lipinski definition) is 2. The second-order valence-electron chi connectivity index (χ2n) is 4.14. The highest BCUT2D eigenvalue weighted by molar-refractivity contribution is 5.90. The van der Waals surface area contributed by atoms with Crippen LogP contribution in [0.3, 0.4) is 0 Å². The average molecular weight is 232 g/mol. The van der Waals surface area contributed by atoms with Crippen LogP contribution in [0.2, 0.25) is 0 Å². The Labute approximate surface area is 103 Å². The first-order valence-electron chi connectivity index (χ1n) is 6.16. The Balaban J connectivity index is 2.38. The van der Waals surface area contributed by atoms with Crippen molar-refractivity contribution in [3.8, 4) is 0 Å². The van der Waals surface area contributed by atoms with Crippen molar-refractivity contribution >= 4 is 5.78 Å². The molecule has 2 nitrogen and oxygen atoms in total. The summed E-state index contributed by atoms with van der Waals surface area (Å²) < 4.78 is 0. The van der Waals surface area contributed by atoms with Crippen LogP contribution in [0.25, 0.3) is 0 Å². The number of carbonyl (C=O) groups excluding carboxylic acids is 1. The molecule has 0 aliphatic rings. The molecule has 1 unspecified atom stereocenters. The van der Waals surface area contributed by atoms with Crippen molar-refractivity contribution in [1.29, 1.82) is 0 Å². The quantitative estimate of drug-likeness (QED) is 0.577. The highest BCUT2D eigenvalue weighted by Gasteiger charge is 2.10. The summed E-state index contributed by atoms with van der Waals surface area (Å²) in [5.41, 5.74) is 0.794. The minimum atomic E-state index is -0.695. The first kappa shape index (κ1) is 13.7. The smallest absolute Gasteiger partial charge is 0.158 e. The number of unbranched alkanes of at least 4 members (excludes halogenated alkanes) is 2. The van der Waals surface area contributed by atoms with Gasteiger partial charge in [0.25, 0.3) is 0 Å². The molecule has 0 amide bonds. The van der Waals surface area contributed by atoms with Crippen molar-refractivity contribution in [1.82, 2.24) is 0 Å². The minimum absolute atomic E-state index is 0.0162. The minimum Gasteiger partial charge on any atom is -0.388 e. The molecule has 0 heterocycles. The highest BCUT2D eigenvalue weighted by atomic mass is 16.3. The van der Waals surface area contributed by atoms with E-state index in [1.165, 1.54) is 0 Å². The number of aliphatic hydroxyl groups is 1. The maximum Gasteiger partial charge on any atom is 0.158 e. The van der Waals surface area contributed by atoms with E-state index in [9.17, 15) is 9.90 Å². The Morgan fingerprint density at radius 2 is 2.06 bits per heavy atom. The van der Waals surface area contributed by atoms with E-state index in [-0.39, 0.29) is 12.2 Å². The molecule has 0 bridgehead atoms. The third-order valence-electron chi connectivity index (χ3n) is 2.61. The maximum absolute atomic E-state index is 11.5. The predicted molar refractivity (Wildman–Crippen MR) is 69.7 cm³/mol. The van der Waals surface area contributed by atoms with Crippen LogP contribution in [-0.4, -0.2) is 10.9 Å². The van der Waals surface area contributed by atoms with E-state index in [0.717, 1.165) is 24.8 Å². The largest absolute Gasteiger partial charge is 0.388 e. The topological polar surface area (TPSA) is 37.3 Å². The van der Waals surface area contributed by atoms with Gasteiger partial charge >= 0.3 is 0 Å². The molecule has 1 aromatic rings. The van der Waals surface area contributed by atoms with Crippen LogP contribution in [-0.2, 0) is 4.79 Å². The summed E-state index contributed by atoms with van der Waals surface area (Å²) in [6.45, 7) is 2.12. The fourth-order valence-electron chi connectivity index (χ4n) is 1.59. The average Bonchev–Trinajstić information content (AvgIpc) is 2.36. The van der Waals surface area contributed by atoms with Crippen molar-refractivity contribution < 1.29 is 9.90 Å². The summed E-state index contributed by atoms with van der Waals surface area (Å²) in [6, 6.07) is 9.28. The third kappa shape index (κ3) is 5.45. The second-order valence-corrected chi connectivity index (χ2v) is 4.14. The summed E-state index contributed by atoms with van der Waals surface area (Å²) in [7, 11) is 0. The molecule has 0 aliphatic carbocycles. The van der Waals surface area contributed by atoms with Gasteiger partial charge < -0.3 is 5.11 Å². The van der Waals surface area contributed by atoms with Crippen LogP contribution < -0.4 is 0 Å². The van der Waals surface area contributed by atoms with Gasteiger partial charge in [0.1, 0.15) is 0 Å². The molecule has 0 radical (unpaired) electrons. The van der Waals surface area contributed by atoms with Gasteiger partial charge in [0.05, 0.1) is 6.10 Å². The summed E-state index contributed by atoms with van der Waals surface area (Å²) in [5, 5.41) is 9.84. The van der Waals surface area contributed by atoms with Crippen molar-refractivity contribution in [2.75, 3.05) is 0 Å². The molecule has 1 aromatic carbocycles. The zero-order valence-electron chi connectivity index (χ0n) is 10.3. The maximum atomic E-state index is 11.5. The Morgan fingerprint density at radius 3 is 2.71 bits per heavy atom. The van der Waals surface area contributed by atoms with Gasteiger partial charge in [-0.3, -0.25) is 4.79 Å². The summed E-state index contributed by atoms with van der Waals surface area (Å²) in [6.07, 6.45) is 6.11. The first-order valence-corrected chi connectivity index (χ1v) is 6.16. The van der Waals surface area contributed by atoms with Gasteiger partial charge in [-0.25, -0.2) is 0 Å². The van der Waals surface area contributed by atoms with Gasteiger partial charge in [0, 0.05) is 6.42 Å². The SMILES string of the molecule is CCCC/C=C/C(=O)CC(O)c1ccccc1. The Hall–Kier alpha value is -1.41. The van der Waals surface area contributed by atoms with Gasteiger partial charge in [-0.15, -0.1) is 0 Å². The molecule has 92 valence electrons. The summed E-state index contributed by atoms with van der Waals surface area (Å²) in [4.78, 5) is 11.5. The van der Waals surface area contributed by atoms with E-state index in [1.807, 2.05) is 36.4 Å². The fourth-order valence-corrected chi connectivity index (χ4v) is 1.59. The molecule has 0 fully saturated rings. The number of aliphatic hydroxyl groups excluding tert-OH is 1. The zero-order chi connectivity index (χ0) is 12.5. The number of rotatable bonds is 7. The van der Waals surface area contributed by atoms with E-state index in [1.54, 1.807) is 6.08 Å². The van der Waals surface area contributed by atoms with Crippen molar-refractivity contribution in [3.63, 3.8) is 0 Å². The second kappa shape index (κ2) is 7.80. The van der Waals surface area contributed by atoms with E-state index >= 15 is 0 Å². The van der Waals surface area contributed by atoms with Crippen molar-refractivity contribution in [2.24, 2.45) is 0 Å². The Morgan fingerprint density at radius 1 is 1.35 bits per heavy atom. The van der Waals surface area contributed by atoms with Crippen molar-refractivity contribution in [2.45, 2.75) is 38.7 Å². The van der Waals surface area contributed by atoms with Crippen LogP contribution in [0.4, 0.5) is 0 Å². The first-order chi connectivity index (χ1) is 8.24. The molecule has 0 aliphatic heterocycles. The lowest BCUT2D eigenvalue weighted by Gasteiger charge is -2.08. The molecule has 0 saturated carbocycles. The fraction of sp³-hybridized carbons (Fsp3) is 0.400. The molecular weight excluding hydrogens is 212 g/mol. The molecule has 0 saturated heterocycles. The lowest BCUT2D eigenvalue weighted by molar-refractivity contribution is -0.116. The molecule has 0 aromatic heterocycles. The van der Waals surface area contributed by atoms with Gasteiger partial charge in [0.15, 0.2) is 5.78 Å². The van der Waals surface area contributed by atoms with E-state index in [2.05, 4.69) is 6.92 Å². The normalized spacial score (nSPS) is 12.8. The van der Waals surface area contributed by atoms with Gasteiger partial charge in [-0.1, -0.05) is 56.2 Å². The number of ketones is 1. The Kier molecular flexibility index (Phi) is 6.26. The molecule has 1 N–H and O–H groups in total. The van der Waals surface area contributed by atoms with Gasteiger partial charge in [-0.2, -0.15) is 0 Å².